The van der Waals surface area contributed by atoms with Crippen LogP contribution in [0.4, 0.5) is 0 Å². The molecule has 0 saturated heterocycles. The molecule has 1 amide bonds. The van der Waals surface area contributed by atoms with E-state index in [1.54, 1.807) is 0 Å². The Hall–Kier alpha value is -2.68. The van der Waals surface area contributed by atoms with E-state index in [0.717, 1.165) is 11.1 Å². The van der Waals surface area contributed by atoms with Crippen molar-refractivity contribution in [3.63, 3.8) is 0 Å². The predicted octanol–water partition coefficient (Wildman–Crippen LogP) is 2.24. The summed E-state index contributed by atoms with van der Waals surface area (Å²) in [6, 6.07) is -0.787. The number of ether oxygens (including phenoxy) is 3. The van der Waals surface area contributed by atoms with E-state index >= 15 is 0 Å². The number of methoxy groups -OCH3 is 2. The third kappa shape index (κ3) is 5.08. The van der Waals surface area contributed by atoms with Crippen molar-refractivity contribution in [1.29, 1.82) is 0 Å². The van der Waals surface area contributed by atoms with E-state index in [2.05, 4.69) is 22.7 Å². The highest BCUT2D eigenvalue weighted by atomic mass is 32.1. The topological polar surface area (TPSA) is 111 Å². The average Bonchev–Trinajstić information content (AvgIpc) is 3.13. The second-order valence-electron chi connectivity index (χ2n) is 7.00. The molecule has 1 aliphatic rings. The van der Waals surface area contributed by atoms with E-state index in [1.165, 1.54) is 14.2 Å². The first-order valence-corrected chi connectivity index (χ1v) is 10.1. The molecule has 1 heterocycles. The number of thiol groups is 1. The van der Waals surface area contributed by atoms with Crippen molar-refractivity contribution in [2.45, 2.75) is 45.8 Å². The Labute approximate surface area is 181 Å². The Bertz CT molecular complexity index is 879. The largest absolute Gasteiger partial charge is 0.507 e. The van der Waals surface area contributed by atoms with Crippen LogP contribution in [0.5, 0.6) is 11.5 Å². The number of nitrogens with one attached hydrogen (secondary N) is 1. The van der Waals surface area contributed by atoms with Crippen molar-refractivity contribution in [2.75, 3.05) is 20.0 Å². The second kappa shape index (κ2) is 10.4. The van der Waals surface area contributed by atoms with Crippen molar-refractivity contribution in [1.82, 2.24) is 5.32 Å². The number of carbonyl (C=O) groups excluding carboxylic acids is 3. The number of phenols is 1. The normalized spacial score (nSPS) is 14.0. The molecule has 0 aromatic heterocycles. The molecule has 0 radical (unpaired) electrons. The highest BCUT2D eigenvalue weighted by molar-refractivity contribution is 7.80. The molecule has 0 spiro atoms. The van der Waals surface area contributed by atoms with E-state index < -0.39 is 18.0 Å². The number of hydrogen-bond acceptors (Lipinski definition) is 8. The van der Waals surface area contributed by atoms with Gasteiger partial charge in [-0.2, -0.15) is 12.6 Å². The van der Waals surface area contributed by atoms with Gasteiger partial charge in [0.25, 0.3) is 0 Å². The van der Waals surface area contributed by atoms with Gasteiger partial charge in [-0.15, -0.1) is 0 Å². The van der Waals surface area contributed by atoms with E-state index in [0.29, 0.717) is 29.7 Å². The van der Waals surface area contributed by atoms with Crippen molar-refractivity contribution >= 4 is 30.5 Å². The van der Waals surface area contributed by atoms with E-state index in [-0.39, 0.29) is 36.0 Å². The zero-order valence-electron chi connectivity index (χ0n) is 17.5. The maximum atomic E-state index is 12.1. The maximum absolute atomic E-state index is 12.1. The average molecular weight is 438 g/mol. The highest BCUT2D eigenvalue weighted by Crippen LogP contribution is 2.42. The third-order valence-corrected chi connectivity index (χ3v) is 5.42. The fourth-order valence-corrected chi connectivity index (χ4v) is 3.55. The molecule has 1 aromatic rings. The summed E-state index contributed by atoms with van der Waals surface area (Å²) in [6.07, 6.45) is 2.84. The number of allylic oxidation sites excluding steroid dienone is 2. The van der Waals surface area contributed by atoms with Gasteiger partial charge in [0.05, 0.1) is 14.2 Å². The lowest BCUT2D eigenvalue weighted by Gasteiger charge is -2.16. The summed E-state index contributed by atoms with van der Waals surface area (Å²) >= 11 is 4.04. The molecule has 1 aromatic carbocycles. The minimum Gasteiger partial charge on any atom is -0.507 e. The standard InChI is InChI=1S/C21H27NO7S/c1-11(6-8-16(23)22-15(10-30)20(25)28-4)5-7-13-18(24)17-14(9-29-21(17)26)12(2)19(13)27-3/h5,15,24,30H,6-10H2,1-4H3,(H,22,23). The van der Waals surface area contributed by atoms with Crippen molar-refractivity contribution < 1.29 is 33.7 Å². The molecule has 2 N–H and O–H groups in total. The van der Waals surface area contributed by atoms with E-state index in [1.807, 2.05) is 19.9 Å². The monoisotopic (exact) mass is 437 g/mol. The van der Waals surface area contributed by atoms with E-state index in [9.17, 15) is 19.5 Å². The van der Waals surface area contributed by atoms with Crippen LogP contribution in [-0.2, 0) is 32.1 Å². The molecule has 30 heavy (non-hydrogen) atoms. The Morgan fingerprint density at radius 1 is 1.33 bits per heavy atom. The molecular weight excluding hydrogens is 410 g/mol. The lowest BCUT2D eigenvalue weighted by molar-refractivity contribution is -0.144. The van der Waals surface area contributed by atoms with Crippen molar-refractivity contribution in [3.8, 4) is 11.5 Å². The fourth-order valence-electron chi connectivity index (χ4n) is 3.30. The zero-order chi connectivity index (χ0) is 22.4. The first-order chi connectivity index (χ1) is 14.2. The number of phenolic OH excluding ortho intramolecular Hbond substituents is 1. The highest BCUT2D eigenvalue weighted by Gasteiger charge is 2.31. The summed E-state index contributed by atoms with van der Waals surface area (Å²) in [7, 11) is 2.76. The van der Waals surface area contributed by atoms with Crippen LogP contribution in [0.2, 0.25) is 0 Å². The lowest BCUT2D eigenvalue weighted by atomic mass is 9.94. The number of amides is 1. The minimum absolute atomic E-state index is 0.118. The van der Waals surface area contributed by atoms with Gasteiger partial charge >= 0.3 is 11.9 Å². The van der Waals surface area contributed by atoms with Crippen molar-refractivity contribution in [3.05, 3.63) is 33.9 Å². The predicted molar refractivity (Wildman–Crippen MR) is 113 cm³/mol. The molecule has 8 nitrogen and oxygen atoms in total. The van der Waals surface area contributed by atoms with Gasteiger partial charge in [0.1, 0.15) is 29.7 Å². The van der Waals surface area contributed by atoms with Gasteiger partial charge < -0.3 is 24.6 Å². The summed E-state index contributed by atoms with van der Waals surface area (Å²) in [5.41, 5.74) is 3.00. The van der Waals surface area contributed by atoms with Gasteiger partial charge in [0.2, 0.25) is 5.91 Å². The van der Waals surface area contributed by atoms with Crippen LogP contribution in [0.25, 0.3) is 0 Å². The molecule has 0 fully saturated rings. The molecule has 0 saturated carbocycles. The molecule has 9 heteroatoms. The number of carbonyl (C=O) groups is 3. The molecule has 1 atom stereocenters. The van der Waals surface area contributed by atoms with Crippen LogP contribution in [0.15, 0.2) is 11.6 Å². The summed E-state index contributed by atoms with van der Waals surface area (Å²) in [4.78, 5) is 35.6. The molecule has 0 aliphatic carbocycles. The molecule has 164 valence electrons. The lowest BCUT2D eigenvalue weighted by Crippen LogP contribution is -2.42. The molecule has 1 aliphatic heterocycles. The summed E-state index contributed by atoms with van der Waals surface area (Å²) in [5, 5.41) is 13.2. The van der Waals surface area contributed by atoms with Gasteiger partial charge in [-0.05, 0) is 32.3 Å². The number of aromatic hydroxyl groups is 1. The van der Waals surface area contributed by atoms with Gasteiger partial charge in [-0.1, -0.05) is 11.6 Å². The zero-order valence-corrected chi connectivity index (χ0v) is 18.4. The summed E-state index contributed by atoms with van der Waals surface area (Å²) in [5.74, 6) is -0.849. The van der Waals surface area contributed by atoms with Gasteiger partial charge in [0, 0.05) is 23.3 Å². The van der Waals surface area contributed by atoms with Crippen LogP contribution >= 0.6 is 12.6 Å². The number of esters is 2. The SMILES string of the molecule is COC(=O)C(CS)NC(=O)CCC(C)=CCc1c(O)c2c(c(C)c1OC)COC2=O. The van der Waals surface area contributed by atoms with Crippen LogP contribution < -0.4 is 10.1 Å². The fraction of sp³-hybridized carbons (Fsp3) is 0.476. The van der Waals surface area contributed by atoms with Crippen LogP contribution in [0, 0.1) is 6.92 Å². The number of benzene rings is 1. The quantitative estimate of drug-likeness (QED) is 0.309. The van der Waals surface area contributed by atoms with Crippen molar-refractivity contribution in [2.24, 2.45) is 0 Å². The minimum atomic E-state index is -0.787. The van der Waals surface area contributed by atoms with Crippen LogP contribution in [0.1, 0.15) is 46.8 Å². The van der Waals surface area contributed by atoms with Gasteiger partial charge in [-0.3, -0.25) is 4.79 Å². The Balaban J connectivity index is 2.08. The van der Waals surface area contributed by atoms with E-state index in [4.69, 9.17) is 9.47 Å². The third-order valence-electron chi connectivity index (χ3n) is 5.05. The molecule has 2 rings (SSSR count). The number of cyclic esters (lactones) is 1. The second-order valence-corrected chi connectivity index (χ2v) is 7.36. The van der Waals surface area contributed by atoms with Gasteiger partial charge in [-0.25, -0.2) is 9.59 Å². The van der Waals surface area contributed by atoms with Crippen LogP contribution in [0.3, 0.4) is 0 Å². The number of fused-ring (bicyclic) bond motifs is 1. The Morgan fingerprint density at radius 2 is 2.03 bits per heavy atom. The van der Waals surface area contributed by atoms with Crippen LogP contribution in [-0.4, -0.2) is 49.0 Å². The maximum Gasteiger partial charge on any atom is 0.342 e. The number of rotatable bonds is 9. The molecule has 1 unspecified atom stereocenters. The first-order valence-electron chi connectivity index (χ1n) is 9.47. The smallest absolute Gasteiger partial charge is 0.342 e. The van der Waals surface area contributed by atoms with Gasteiger partial charge in [0.15, 0.2) is 0 Å². The summed E-state index contributed by atoms with van der Waals surface area (Å²) < 4.78 is 15.1. The summed E-state index contributed by atoms with van der Waals surface area (Å²) in [6.45, 7) is 3.80. The molecule has 0 bridgehead atoms. The first kappa shape index (κ1) is 23.6. The molecular formula is C21H27NO7S. The number of hydrogen-bond donors (Lipinski definition) is 3. The Kier molecular flexibility index (Phi) is 8.16. The Morgan fingerprint density at radius 3 is 2.63 bits per heavy atom.